The fourth-order valence-electron chi connectivity index (χ4n) is 3.25. The molecule has 3 rings (SSSR count). The number of aromatic nitrogens is 2. The van der Waals surface area contributed by atoms with Gasteiger partial charge in [-0.1, -0.05) is 13.8 Å². The SMILES string of the molecule is CCC(=O)OC[C@@]12O[C@@H](n3ccc(N)nc3=O)[C@H](F)[C@@]1(OC(=O)CC)C2F. The maximum absolute atomic E-state index is 15.2. The van der Waals surface area contributed by atoms with Crippen LogP contribution in [0.25, 0.3) is 0 Å². The van der Waals surface area contributed by atoms with Gasteiger partial charge in [-0.2, -0.15) is 4.98 Å². The van der Waals surface area contributed by atoms with Gasteiger partial charge in [-0.05, 0) is 6.07 Å². The van der Waals surface area contributed by atoms with Gasteiger partial charge < -0.3 is 19.9 Å². The predicted octanol–water partition coefficient (Wildman–Crippen LogP) is 0.428. The largest absolute Gasteiger partial charge is 0.462 e. The highest BCUT2D eigenvalue weighted by molar-refractivity contribution is 5.71. The molecule has 2 N–H and O–H groups in total. The minimum Gasteiger partial charge on any atom is -0.462 e. The third kappa shape index (κ3) is 2.68. The summed E-state index contributed by atoms with van der Waals surface area (Å²) in [5.41, 5.74) is 0.146. The molecule has 1 unspecified atom stereocenters. The van der Waals surface area contributed by atoms with Crippen LogP contribution in [0.4, 0.5) is 14.6 Å². The lowest BCUT2D eigenvalue weighted by atomic mass is 10.1. The summed E-state index contributed by atoms with van der Waals surface area (Å²) in [7, 11) is 0. The van der Waals surface area contributed by atoms with E-state index in [4.69, 9.17) is 19.9 Å². The summed E-state index contributed by atoms with van der Waals surface area (Å²) < 4.78 is 46.2. The molecule has 11 heteroatoms. The van der Waals surface area contributed by atoms with Gasteiger partial charge in [0.15, 0.2) is 24.2 Å². The number of hydrogen-bond acceptors (Lipinski definition) is 8. The normalized spacial score (nSPS) is 34.0. The van der Waals surface area contributed by atoms with Crippen molar-refractivity contribution < 1.29 is 32.6 Å². The quantitative estimate of drug-likeness (QED) is 0.697. The number of esters is 2. The Morgan fingerprint density at radius 2 is 2.00 bits per heavy atom. The van der Waals surface area contributed by atoms with Gasteiger partial charge in [-0.3, -0.25) is 14.2 Å². The van der Waals surface area contributed by atoms with Crippen molar-refractivity contribution in [2.24, 2.45) is 0 Å². The van der Waals surface area contributed by atoms with Crippen molar-refractivity contribution in [3.8, 4) is 0 Å². The molecule has 5 atom stereocenters. The molecule has 0 bridgehead atoms. The van der Waals surface area contributed by atoms with E-state index in [0.29, 0.717) is 0 Å². The number of fused-ring (bicyclic) bond motifs is 1. The van der Waals surface area contributed by atoms with Gasteiger partial charge >= 0.3 is 17.6 Å². The molecular formula is C16H19F2N3O6. The Labute approximate surface area is 152 Å². The molecular weight excluding hydrogens is 368 g/mol. The van der Waals surface area contributed by atoms with Gasteiger partial charge in [0.05, 0.1) is 0 Å². The van der Waals surface area contributed by atoms with Gasteiger partial charge in [-0.15, -0.1) is 0 Å². The third-order valence-electron chi connectivity index (χ3n) is 4.79. The summed E-state index contributed by atoms with van der Waals surface area (Å²) >= 11 is 0. The van der Waals surface area contributed by atoms with Crippen LogP contribution >= 0.6 is 0 Å². The molecule has 0 radical (unpaired) electrons. The minimum absolute atomic E-state index is 0.0125. The number of ether oxygens (including phenoxy) is 3. The number of nitrogen functional groups attached to an aromatic ring is 1. The second-order valence-electron chi connectivity index (χ2n) is 6.34. The average Bonchev–Trinajstić information content (AvgIpc) is 3.02. The van der Waals surface area contributed by atoms with Crippen molar-refractivity contribution in [2.45, 2.75) is 56.5 Å². The Morgan fingerprint density at radius 1 is 1.33 bits per heavy atom. The monoisotopic (exact) mass is 387 g/mol. The number of hydrogen-bond donors (Lipinski definition) is 1. The van der Waals surface area contributed by atoms with Crippen LogP contribution < -0.4 is 11.4 Å². The van der Waals surface area contributed by atoms with Crippen molar-refractivity contribution in [3.63, 3.8) is 0 Å². The lowest BCUT2D eigenvalue weighted by molar-refractivity contribution is -0.159. The van der Waals surface area contributed by atoms with Crippen LogP contribution in [-0.2, 0) is 23.8 Å². The number of nitrogens with zero attached hydrogens (tertiary/aromatic N) is 2. The van der Waals surface area contributed by atoms with Crippen LogP contribution in [0.3, 0.4) is 0 Å². The lowest BCUT2D eigenvalue weighted by Gasteiger charge is -2.22. The van der Waals surface area contributed by atoms with E-state index in [1.807, 2.05) is 0 Å². The number of carbonyl (C=O) groups is 2. The molecule has 0 spiro atoms. The van der Waals surface area contributed by atoms with Crippen molar-refractivity contribution >= 4 is 17.8 Å². The summed E-state index contributed by atoms with van der Waals surface area (Å²) in [6.07, 6.45) is -4.89. The first-order chi connectivity index (χ1) is 12.7. The number of halogens is 2. The zero-order chi connectivity index (χ0) is 20.0. The Balaban J connectivity index is 1.97. The van der Waals surface area contributed by atoms with Crippen LogP contribution in [0.15, 0.2) is 17.1 Å². The molecule has 2 fully saturated rings. The van der Waals surface area contributed by atoms with E-state index in [1.54, 1.807) is 0 Å². The molecule has 2 aliphatic rings. The predicted molar refractivity (Wildman–Crippen MR) is 85.9 cm³/mol. The molecule has 1 aliphatic carbocycles. The van der Waals surface area contributed by atoms with Crippen LogP contribution in [0.1, 0.15) is 32.9 Å². The van der Waals surface area contributed by atoms with Gasteiger partial charge in [0.25, 0.3) is 0 Å². The van der Waals surface area contributed by atoms with Crippen molar-refractivity contribution in [1.29, 1.82) is 0 Å². The van der Waals surface area contributed by atoms with E-state index in [0.717, 1.165) is 10.8 Å². The van der Waals surface area contributed by atoms with E-state index < -0.39 is 54.0 Å². The zero-order valence-corrected chi connectivity index (χ0v) is 14.7. The van der Waals surface area contributed by atoms with Crippen molar-refractivity contribution in [2.75, 3.05) is 12.3 Å². The van der Waals surface area contributed by atoms with E-state index >= 15 is 4.39 Å². The molecule has 1 aliphatic heterocycles. The zero-order valence-electron chi connectivity index (χ0n) is 14.7. The second kappa shape index (κ2) is 6.55. The van der Waals surface area contributed by atoms with Crippen LogP contribution in [0.5, 0.6) is 0 Å². The highest BCUT2D eigenvalue weighted by atomic mass is 19.2. The Kier molecular flexibility index (Phi) is 4.66. The van der Waals surface area contributed by atoms with Crippen LogP contribution in [-0.4, -0.2) is 51.6 Å². The highest BCUT2D eigenvalue weighted by Crippen LogP contribution is 2.67. The first-order valence-corrected chi connectivity index (χ1v) is 8.41. The molecule has 9 nitrogen and oxygen atoms in total. The molecule has 1 aromatic rings. The molecule has 27 heavy (non-hydrogen) atoms. The van der Waals surface area contributed by atoms with Crippen LogP contribution in [0.2, 0.25) is 0 Å². The lowest BCUT2D eigenvalue weighted by Crippen LogP contribution is -2.40. The molecule has 1 saturated carbocycles. The van der Waals surface area contributed by atoms with Crippen LogP contribution in [0, 0.1) is 0 Å². The third-order valence-corrected chi connectivity index (χ3v) is 4.79. The molecule has 0 aromatic carbocycles. The molecule has 2 heterocycles. The average molecular weight is 387 g/mol. The van der Waals surface area contributed by atoms with Gasteiger partial charge in [-0.25, -0.2) is 13.6 Å². The smallest absolute Gasteiger partial charge is 0.351 e. The highest BCUT2D eigenvalue weighted by Gasteiger charge is 2.93. The Bertz CT molecular complexity index is 833. The summed E-state index contributed by atoms with van der Waals surface area (Å²) in [6, 6.07) is 1.24. The summed E-state index contributed by atoms with van der Waals surface area (Å²) in [5, 5.41) is 0. The molecule has 148 valence electrons. The number of rotatable bonds is 6. The maximum Gasteiger partial charge on any atom is 0.351 e. The minimum atomic E-state index is -2.31. The molecule has 1 saturated heterocycles. The number of carbonyl (C=O) groups excluding carboxylic acids is 2. The van der Waals surface area contributed by atoms with Gasteiger partial charge in [0.1, 0.15) is 12.4 Å². The number of nitrogens with two attached hydrogens (primary N) is 1. The summed E-state index contributed by atoms with van der Waals surface area (Å²) in [5.74, 6) is -1.60. The second-order valence-corrected chi connectivity index (χ2v) is 6.34. The summed E-state index contributed by atoms with van der Waals surface area (Å²) in [4.78, 5) is 38.7. The van der Waals surface area contributed by atoms with Gasteiger partial charge in [0.2, 0.25) is 5.60 Å². The molecule has 0 amide bonds. The van der Waals surface area contributed by atoms with E-state index in [9.17, 15) is 18.8 Å². The van der Waals surface area contributed by atoms with Crippen molar-refractivity contribution in [1.82, 2.24) is 9.55 Å². The number of anilines is 1. The summed E-state index contributed by atoms with van der Waals surface area (Å²) in [6.45, 7) is 2.33. The molecule has 1 aromatic heterocycles. The fraction of sp³-hybridized carbons (Fsp3) is 0.625. The first kappa shape index (κ1) is 19.2. The maximum atomic E-state index is 15.2. The van der Waals surface area contributed by atoms with E-state index in [2.05, 4.69) is 4.98 Å². The Morgan fingerprint density at radius 3 is 2.59 bits per heavy atom. The van der Waals surface area contributed by atoms with Gasteiger partial charge in [0, 0.05) is 19.0 Å². The van der Waals surface area contributed by atoms with E-state index in [1.165, 1.54) is 19.9 Å². The topological polar surface area (TPSA) is 123 Å². The first-order valence-electron chi connectivity index (χ1n) is 8.41. The van der Waals surface area contributed by atoms with Crippen molar-refractivity contribution in [3.05, 3.63) is 22.7 Å². The Hall–Kier alpha value is -2.56. The number of alkyl halides is 2. The fourth-order valence-corrected chi connectivity index (χ4v) is 3.25. The van der Waals surface area contributed by atoms with E-state index in [-0.39, 0.29) is 18.7 Å². The standard InChI is InChI=1S/C16H19F2N3O6/c1-3-9(22)25-7-15-13(18)16(15,26-10(23)4-2)11(17)12(27-15)21-6-5-8(19)20-14(21)24/h5-6,11-13H,3-4,7H2,1-2H3,(H2,19,20,24)/t11-,12+,13?,15-,16+/m0/s1.